The largest absolute Gasteiger partial charge is 0.394 e. The van der Waals surface area contributed by atoms with E-state index in [2.05, 4.69) is 15.2 Å². The van der Waals surface area contributed by atoms with Crippen molar-refractivity contribution in [3.8, 4) is 11.3 Å². The number of aliphatic hydroxyl groups is 1. The van der Waals surface area contributed by atoms with Crippen LogP contribution >= 0.6 is 11.3 Å². The lowest BCUT2D eigenvalue weighted by atomic mass is 10.1. The Labute approximate surface area is 219 Å². The highest BCUT2D eigenvalue weighted by Gasteiger charge is 2.28. The van der Waals surface area contributed by atoms with Crippen LogP contribution in [0.4, 0.5) is 0 Å². The molecular formula is C27H30N6O3S. The molecule has 0 bridgehead atoms. The van der Waals surface area contributed by atoms with Crippen molar-refractivity contribution in [2.45, 2.75) is 25.9 Å². The molecule has 2 N–H and O–H groups in total. The third-order valence-corrected chi connectivity index (χ3v) is 7.44. The van der Waals surface area contributed by atoms with Gasteiger partial charge in [0.05, 0.1) is 18.2 Å². The van der Waals surface area contributed by atoms with E-state index in [1.54, 1.807) is 35.1 Å². The van der Waals surface area contributed by atoms with Crippen LogP contribution < -0.4 is 5.32 Å². The van der Waals surface area contributed by atoms with E-state index in [9.17, 15) is 14.7 Å². The molecule has 37 heavy (non-hydrogen) atoms. The predicted octanol–water partition coefficient (Wildman–Crippen LogP) is 2.92. The molecule has 0 unspecified atom stereocenters. The van der Waals surface area contributed by atoms with Gasteiger partial charge in [-0.15, -0.1) is 0 Å². The first-order valence-electron chi connectivity index (χ1n) is 12.4. The maximum absolute atomic E-state index is 13.6. The summed E-state index contributed by atoms with van der Waals surface area (Å²) in [6, 6.07) is 9.13. The van der Waals surface area contributed by atoms with Gasteiger partial charge in [0.2, 0.25) is 0 Å². The van der Waals surface area contributed by atoms with Crippen LogP contribution in [0.15, 0.2) is 59.7 Å². The molecular weight excluding hydrogens is 488 g/mol. The van der Waals surface area contributed by atoms with Gasteiger partial charge in [0.1, 0.15) is 11.4 Å². The predicted molar refractivity (Wildman–Crippen MR) is 143 cm³/mol. The van der Waals surface area contributed by atoms with Crippen molar-refractivity contribution in [2.24, 2.45) is 0 Å². The van der Waals surface area contributed by atoms with E-state index < -0.39 is 0 Å². The normalized spacial score (nSPS) is 15.1. The highest BCUT2D eigenvalue weighted by atomic mass is 32.1. The van der Waals surface area contributed by atoms with Crippen molar-refractivity contribution >= 4 is 28.8 Å². The monoisotopic (exact) mass is 518 g/mol. The van der Waals surface area contributed by atoms with Crippen LogP contribution in [0.5, 0.6) is 0 Å². The molecule has 1 aliphatic rings. The standard InChI is InChI=1S/C27H30N6O3S/c1-2-21(17-34)29-26(35)24-23(20-7-15-37-18-20)30-25-22(4-3-10-33(24)25)27(36)32-13-11-31(12-14-32)16-19-5-8-28-9-6-19/h3-10,15,18,21,34H,2,11-14,16-17H2,1H3,(H,29,35)/t21-/m0/s1. The number of pyridine rings is 2. The van der Waals surface area contributed by atoms with Crippen molar-refractivity contribution < 1.29 is 14.7 Å². The highest BCUT2D eigenvalue weighted by molar-refractivity contribution is 7.08. The number of nitrogens with zero attached hydrogens (tertiary/aromatic N) is 5. The number of imidazole rings is 1. The van der Waals surface area contributed by atoms with Gasteiger partial charge in [-0.2, -0.15) is 11.3 Å². The number of hydrogen-bond donors (Lipinski definition) is 2. The van der Waals surface area contributed by atoms with Gasteiger partial charge < -0.3 is 15.3 Å². The Morgan fingerprint density at radius 2 is 1.92 bits per heavy atom. The van der Waals surface area contributed by atoms with Crippen molar-refractivity contribution in [1.82, 2.24) is 29.5 Å². The second-order valence-electron chi connectivity index (χ2n) is 9.12. The Balaban J connectivity index is 1.42. The number of nitrogens with one attached hydrogen (secondary N) is 1. The lowest BCUT2D eigenvalue weighted by molar-refractivity contribution is 0.0629. The summed E-state index contributed by atoms with van der Waals surface area (Å²) in [6.45, 7) is 5.37. The lowest BCUT2D eigenvalue weighted by Crippen LogP contribution is -2.48. The summed E-state index contributed by atoms with van der Waals surface area (Å²) in [5, 5.41) is 16.4. The molecule has 1 saturated heterocycles. The fraction of sp³-hybridized carbons (Fsp3) is 0.333. The van der Waals surface area contributed by atoms with E-state index >= 15 is 0 Å². The van der Waals surface area contributed by atoms with E-state index in [0.29, 0.717) is 42.1 Å². The van der Waals surface area contributed by atoms with Crippen LogP contribution in [-0.4, -0.2) is 79.9 Å². The number of aliphatic hydroxyl groups excluding tert-OH is 1. The van der Waals surface area contributed by atoms with Crippen molar-refractivity contribution in [3.63, 3.8) is 0 Å². The van der Waals surface area contributed by atoms with Crippen LogP contribution in [-0.2, 0) is 6.54 Å². The first-order valence-corrected chi connectivity index (χ1v) is 13.4. The number of carbonyl (C=O) groups excluding carboxylic acids is 2. The molecule has 1 fully saturated rings. The zero-order valence-electron chi connectivity index (χ0n) is 20.7. The third-order valence-electron chi connectivity index (χ3n) is 6.75. The first-order chi connectivity index (χ1) is 18.1. The molecule has 192 valence electrons. The fourth-order valence-electron chi connectivity index (χ4n) is 4.61. The zero-order valence-corrected chi connectivity index (χ0v) is 21.5. The number of rotatable bonds is 8. The van der Waals surface area contributed by atoms with Gasteiger partial charge in [0.25, 0.3) is 11.8 Å². The minimum Gasteiger partial charge on any atom is -0.394 e. The molecule has 2 amide bonds. The maximum atomic E-state index is 13.6. The second kappa shape index (κ2) is 11.2. The number of amides is 2. The molecule has 0 radical (unpaired) electrons. The second-order valence-corrected chi connectivity index (χ2v) is 9.90. The van der Waals surface area contributed by atoms with Gasteiger partial charge in [-0.1, -0.05) is 6.92 Å². The molecule has 4 aromatic heterocycles. The number of hydrogen-bond acceptors (Lipinski definition) is 7. The Morgan fingerprint density at radius 1 is 1.14 bits per heavy atom. The van der Waals surface area contributed by atoms with Crippen LogP contribution in [0.1, 0.15) is 39.8 Å². The molecule has 0 aromatic carbocycles. The fourth-order valence-corrected chi connectivity index (χ4v) is 5.25. The number of aromatic nitrogens is 3. The molecule has 10 heteroatoms. The van der Waals surface area contributed by atoms with Crippen molar-refractivity contribution in [1.29, 1.82) is 0 Å². The minimum atomic E-state index is -0.360. The zero-order chi connectivity index (χ0) is 25.8. The average molecular weight is 519 g/mol. The quantitative estimate of drug-likeness (QED) is 0.372. The minimum absolute atomic E-state index is 0.0928. The van der Waals surface area contributed by atoms with Crippen LogP contribution in [0, 0.1) is 0 Å². The number of fused-ring (bicyclic) bond motifs is 1. The van der Waals surface area contributed by atoms with Crippen LogP contribution in [0.3, 0.4) is 0 Å². The van der Waals surface area contributed by atoms with E-state index in [-0.39, 0.29) is 24.5 Å². The molecule has 5 heterocycles. The molecule has 5 rings (SSSR count). The van der Waals surface area contributed by atoms with E-state index in [1.165, 1.54) is 16.9 Å². The molecule has 1 aliphatic heterocycles. The first kappa shape index (κ1) is 25.1. The highest BCUT2D eigenvalue weighted by Crippen LogP contribution is 2.28. The van der Waals surface area contributed by atoms with Crippen molar-refractivity contribution in [3.05, 3.63) is 76.5 Å². The van der Waals surface area contributed by atoms with Crippen molar-refractivity contribution in [2.75, 3.05) is 32.8 Å². The molecule has 9 nitrogen and oxygen atoms in total. The van der Waals surface area contributed by atoms with Gasteiger partial charge in [-0.3, -0.25) is 23.9 Å². The van der Waals surface area contributed by atoms with E-state index in [0.717, 1.165) is 25.2 Å². The topological polar surface area (TPSA) is 103 Å². The molecule has 0 spiro atoms. The Bertz CT molecular complexity index is 1360. The Morgan fingerprint density at radius 3 is 2.59 bits per heavy atom. The SMILES string of the molecule is CC[C@@H](CO)NC(=O)c1c(-c2ccsc2)nc2c(C(=O)N3CCN(Cc4ccncc4)CC3)cccn12. The van der Waals surface area contributed by atoms with Gasteiger partial charge in [0, 0.05) is 62.3 Å². The smallest absolute Gasteiger partial charge is 0.270 e. The molecule has 1 atom stereocenters. The summed E-state index contributed by atoms with van der Waals surface area (Å²) < 4.78 is 1.69. The molecule has 0 aliphatic carbocycles. The van der Waals surface area contributed by atoms with Gasteiger partial charge >= 0.3 is 0 Å². The summed E-state index contributed by atoms with van der Waals surface area (Å²) in [5.74, 6) is -0.422. The summed E-state index contributed by atoms with van der Waals surface area (Å²) in [5.41, 5.74) is 3.82. The lowest BCUT2D eigenvalue weighted by Gasteiger charge is -2.34. The van der Waals surface area contributed by atoms with E-state index in [4.69, 9.17) is 4.98 Å². The van der Waals surface area contributed by atoms with Gasteiger partial charge in [-0.05, 0) is 47.7 Å². The summed E-state index contributed by atoms with van der Waals surface area (Å²) >= 11 is 1.52. The number of carbonyl (C=O) groups is 2. The Hall–Kier alpha value is -3.60. The van der Waals surface area contributed by atoms with E-state index in [1.807, 2.05) is 40.8 Å². The van der Waals surface area contributed by atoms with Gasteiger partial charge in [0.15, 0.2) is 5.65 Å². The number of piperazine rings is 1. The summed E-state index contributed by atoms with van der Waals surface area (Å²) in [6.07, 6.45) is 5.96. The van der Waals surface area contributed by atoms with Crippen LogP contribution in [0.2, 0.25) is 0 Å². The summed E-state index contributed by atoms with van der Waals surface area (Å²) in [7, 11) is 0. The third kappa shape index (κ3) is 5.27. The maximum Gasteiger partial charge on any atom is 0.270 e. The molecule has 4 aromatic rings. The van der Waals surface area contributed by atoms with Crippen LogP contribution in [0.25, 0.3) is 16.9 Å². The Kier molecular flexibility index (Phi) is 7.59. The summed E-state index contributed by atoms with van der Waals surface area (Å²) in [4.78, 5) is 40.1. The van der Waals surface area contributed by atoms with Gasteiger partial charge in [-0.25, -0.2) is 4.98 Å². The molecule has 0 saturated carbocycles. The average Bonchev–Trinajstić information content (AvgIpc) is 3.60. The number of thiophene rings is 1.